The van der Waals surface area contributed by atoms with Crippen molar-refractivity contribution in [3.8, 4) is 0 Å². The van der Waals surface area contributed by atoms with Gasteiger partial charge in [-0.25, -0.2) is 0 Å². The molecule has 2 aliphatic rings. The fourth-order valence-corrected chi connectivity index (χ4v) is 6.01. The minimum Gasteiger partial charge on any atom is -0.469 e. The predicted octanol–water partition coefficient (Wildman–Crippen LogP) is 4.64. The van der Waals surface area contributed by atoms with Crippen LogP contribution in [-0.2, 0) is 22.4 Å². The number of carbonyl (C=O) groups is 3. The van der Waals surface area contributed by atoms with E-state index in [0.717, 1.165) is 22.8 Å². The van der Waals surface area contributed by atoms with Gasteiger partial charge in [-0.2, -0.15) is 0 Å². The molecule has 0 aromatic heterocycles. The van der Waals surface area contributed by atoms with Gasteiger partial charge in [-0.1, -0.05) is 60.7 Å². The maximum atomic E-state index is 14.0. The van der Waals surface area contributed by atoms with Gasteiger partial charge in [0.05, 0.1) is 13.0 Å². The lowest BCUT2D eigenvalue weighted by atomic mass is 9.78. The summed E-state index contributed by atoms with van der Waals surface area (Å²) in [6.45, 7) is 1.89. The van der Waals surface area contributed by atoms with Crippen LogP contribution in [-0.4, -0.2) is 24.8 Å². The molecule has 0 saturated carbocycles. The Labute approximate surface area is 232 Å². The lowest BCUT2D eigenvalue weighted by Crippen LogP contribution is -2.34. The zero-order valence-electron chi connectivity index (χ0n) is 22.5. The third-order valence-electron chi connectivity index (χ3n) is 8.05. The highest BCUT2D eigenvalue weighted by molar-refractivity contribution is 6.27. The highest BCUT2D eigenvalue weighted by Gasteiger charge is 2.34. The van der Waals surface area contributed by atoms with Gasteiger partial charge in [0.25, 0.3) is 5.91 Å². The van der Waals surface area contributed by atoms with Gasteiger partial charge in [0.1, 0.15) is 0 Å². The molecule has 198 valence electrons. The van der Waals surface area contributed by atoms with E-state index >= 15 is 0 Å². The van der Waals surface area contributed by atoms with Crippen LogP contribution in [0.4, 0.5) is 5.69 Å². The van der Waals surface area contributed by atoms with Gasteiger partial charge in [-0.3, -0.25) is 14.4 Å². The van der Waals surface area contributed by atoms with E-state index in [1.54, 1.807) is 30.3 Å². The Morgan fingerprint density at radius 2 is 1.52 bits per heavy atom. The molecule has 0 heterocycles. The lowest BCUT2D eigenvalue weighted by molar-refractivity contribution is -0.143. The van der Waals surface area contributed by atoms with Crippen molar-refractivity contribution in [2.75, 3.05) is 12.4 Å². The number of hydrogen-bond acceptors (Lipinski definition) is 4. The van der Waals surface area contributed by atoms with Crippen molar-refractivity contribution in [3.63, 3.8) is 0 Å². The lowest BCUT2D eigenvalue weighted by Gasteiger charge is -2.25. The first-order chi connectivity index (χ1) is 19.5. The SMILES string of the molecule is COC(=O)C1CCc2c3c(ccc2=C1C(=O)c1ccc(NC(=O)c2ccccc2C)cc1)=c1ccccc1=CC3. The van der Waals surface area contributed by atoms with Crippen LogP contribution in [0.15, 0.2) is 84.9 Å². The fourth-order valence-electron chi connectivity index (χ4n) is 6.01. The molecule has 0 bridgehead atoms. The van der Waals surface area contributed by atoms with E-state index < -0.39 is 11.9 Å². The zero-order valence-corrected chi connectivity index (χ0v) is 22.5. The number of Topliss-reactive ketones (excluding diaryl/α,β-unsaturated/α-hetero) is 1. The average molecular weight is 528 g/mol. The topological polar surface area (TPSA) is 72.5 Å². The van der Waals surface area contributed by atoms with E-state index in [2.05, 4.69) is 29.6 Å². The largest absolute Gasteiger partial charge is 0.469 e. The Morgan fingerprint density at radius 1 is 0.800 bits per heavy atom. The number of amides is 1. The molecule has 1 unspecified atom stereocenters. The number of nitrogens with one attached hydrogen (secondary N) is 1. The van der Waals surface area contributed by atoms with Crippen molar-refractivity contribution in [2.45, 2.75) is 26.2 Å². The standard InChI is InChI=1S/C35H29NO4/c1-21-7-3-5-9-25(21)34(38)36-24-14-11-23(12-15-24)33(37)32-30-19-17-27-26-10-6-4-8-22(26)13-16-28(27)29(30)18-20-31(32)35(39)40-2/h3-15,17,19,31H,16,18,20H2,1-2H3,(H,36,38). The Hall–Kier alpha value is -4.77. The van der Waals surface area contributed by atoms with Crippen molar-refractivity contribution in [3.05, 3.63) is 134 Å². The molecule has 5 nitrogen and oxygen atoms in total. The molecule has 6 rings (SSSR count). The summed E-state index contributed by atoms with van der Waals surface area (Å²) < 4.78 is 5.13. The second kappa shape index (κ2) is 10.4. The molecule has 4 aromatic carbocycles. The van der Waals surface area contributed by atoms with Crippen LogP contribution in [0.25, 0.3) is 11.6 Å². The first kappa shape index (κ1) is 25.5. The van der Waals surface area contributed by atoms with Crippen molar-refractivity contribution < 1.29 is 19.1 Å². The third-order valence-corrected chi connectivity index (χ3v) is 8.05. The van der Waals surface area contributed by atoms with Gasteiger partial charge >= 0.3 is 5.97 Å². The number of esters is 1. The number of ketones is 1. The molecule has 0 saturated heterocycles. The molecular weight excluding hydrogens is 498 g/mol. The highest BCUT2D eigenvalue weighted by atomic mass is 16.5. The zero-order chi connectivity index (χ0) is 27.8. The summed E-state index contributed by atoms with van der Waals surface area (Å²) in [4.78, 5) is 39.6. The van der Waals surface area contributed by atoms with E-state index in [1.807, 2.05) is 43.3 Å². The summed E-state index contributed by atoms with van der Waals surface area (Å²) in [6, 6.07) is 26.7. The van der Waals surface area contributed by atoms with Crippen LogP contribution in [0.3, 0.4) is 0 Å². The molecule has 4 aromatic rings. The smallest absolute Gasteiger partial charge is 0.313 e. The number of carbonyl (C=O) groups excluding carboxylic acids is 3. The van der Waals surface area contributed by atoms with Crippen LogP contribution >= 0.6 is 0 Å². The molecule has 5 heteroatoms. The molecule has 1 amide bonds. The number of methoxy groups -OCH3 is 1. The van der Waals surface area contributed by atoms with E-state index in [9.17, 15) is 14.4 Å². The number of rotatable bonds is 5. The maximum Gasteiger partial charge on any atom is 0.313 e. The second-order valence-electron chi connectivity index (χ2n) is 10.3. The molecule has 0 radical (unpaired) electrons. The minimum atomic E-state index is -0.636. The Bertz CT molecular complexity index is 1900. The normalized spacial score (nSPS) is 15.2. The van der Waals surface area contributed by atoms with Gasteiger partial charge in [0.2, 0.25) is 0 Å². The number of ether oxygens (including phenoxy) is 1. The van der Waals surface area contributed by atoms with Crippen LogP contribution in [0.2, 0.25) is 0 Å². The van der Waals surface area contributed by atoms with Gasteiger partial charge in [-0.05, 0) is 94.1 Å². The van der Waals surface area contributed by atoms with Gasteiger partial charge in [-0.15, -0.1) is 0 Å². The molecular formula is C35H29NO4. The average Bonchev–Trinajstić information content (AvgIpc) is 2.99. The van der Waals surface area contributed by atoms with Crippen LogP contribution in [0, 0.1) is 23.3 Å². The summed E-state index contributed by atoms with van der Waals surface area (Å²) in [6.07, 6.45) is 4.24. The van der Waals surface area contributed by atoms with Crippen molar-refractivity contribution >= 4 is 35.0 Å². The Morgan fingerprint density at radius 3 is 2.30 bits per heavy atom. The minimum absolute atomic E-state index is 0.201. The van der Waals surface area contributed by atoms with Crippen LogP contribution in [0.1, 0.15) is 43.8 Å². The molecule has 1 N–H and O–H groups in total. The van der Waals surface area contributed by atoms with Crippen LogP contribution < -0.4 is 15.8 Å². The molecule has 0 fully saturated rings. The quantitative estimate of drug-likeness (QED) is 0.303. The first-order valence-electron chi connectivity index (χ1n) is 13.5. The number of aryl methyl sites for hydroxylation is 1. The molecule has 2 aliphatic carbocycles. The molecule has 0 aliphatic heterocycles. The van der Waals surface area contributed by atoms with Crippen molar-refractivity contribution in [1.82, 2.24) is 0 Å². The van der Waals surface area contributed by atoms with E-state index in [1.165, 1.54) is 28.3 Å². The highest BCUT2D eigenvalue weighted by Crippen LogP contribution is 2.30. The number of hydrogen-bond donors (Lipinski definition) is 1. The molecule has 1 atom stereocenters. The second-order valence-corrected chi connectivity index (χ2v) is 10.3. The summed E-state index contributed by atoms with van der Waals surface area (Å²) in [5.74, 6) is -1.44. The summed E-state index contributed by atoms with van der Waals surface area (Å²) in [5.41, 5.74) is 5.36. The predicted molar refractivity (Wildman–Crippen MR) is 155 cm³/mol. The van der Waals surface area contributed by atoms with Gasteiger partial charge in [0.15, 0.2) is 5.78 Å². The summed E-state index contributed by atoms with van der Waals surface area (Å²) >= 11 is 0. The number of benzene rings is 4. The van der Waals surface area contributed by atoms with E-state index in [-0.39, 0.29) is 11.7 Å². The Kier molecular flexibility index (Phi) is 6.64. The third kappa shape index (κ3) is 4.43. The Balaban J connectivity index is 1.42. The fraction of sp³-hybridized carbons (Fsp3) is 0.171. The van der Waals surface area contributed by atoms with E-state index in [4.69, 9.17) is 4.74 Å². The van der Waals surface area contributed by atoms with E-state index in [0.29, 0.717) is 35.2 Å². The van der Waals surface area contributed by atoms with Gasteiger partial charge < -0.3 is 10.1 Å². The maximum absolute atomic E-state index is 14.0. The first-order valence-corrected chi connectivity index (χ1v) is 13.5. The van der Waals surface area contributed by atoms with Crippen molar-refractivity contribution in [1.29, 1.82) is 0 Å². The molecule has 0 spiro atoms. The summed E-state index contributed by atoms with van der Waals surface area (Å²) in [7, 11) is 1.37. The van der Waals surface area contributed by atoms with Crippen molar-refractivity contribution in [2.24, 2.45) is 5.92 Å². The van der Waals surface area contributed by atoms with Crippen LogP contribution in [0.5, 0.6) is 0 Å². The summed E-state index contributed by atoms with van der Waals surface area (Å²) in [5, 5.41) is 7.33. The number of fused-ring (bicyclic) bond motifs is 4. The number of anilines is 1. The van der Waals surface area contributed by atoms with Gasteiger partial charge in [0, 0.05) is 22.4 Å². The molecule has 40 heavy (non-hydrogen) atoms. The monoisotopic (exact) mass is 527 g/mol.